The molecule has 2 heterocycles. The van der Waals surface area contributed by atoms with Crippen LogP contribution in [0.5, 0.6) is 0 Å². The molecule has 0 bridgehead atoms. The van der Waals surface area contributed by atoms with Crippen LogP contribution in [-0.4, -0.2) is 74.7 Å². The van der Waals surface area contributed by atoms with Crippen LogP contribution in [-0.2, 0) is 16.1 Å². The molecule has 2 aromatic rings. The summed E-state index contributed by atoms with van der Waals surface area (Å²) >= 11 is 0. The number of amides is 1. The minimum absolute atomic E-state index is 0.00630. The number of rotatable bonds is 6. The highest BCUT2D eigenvalue weighted by molar-refractivity contribution is 5.92. The lowest BCUT2D eigenvalue weighted by Crippen LogP contribution is -2.48. The number of nitriles is 1. The summed E-state index contributed by atoms with van der Waals surface area (Å²) in [5.41, 5.74) is 3.75. The second-order valence-corrected chi connectivity index (χ2v) is 8.03. The fourth-order valence-electron chi connectivity index (χ4n) is 4.11. The van der Waals surface area contributed by atoms with Crippen molar-refractivity contribution in [2.45, 2.75) is 6.54 Å². The monoisotopic (exact) mass is 419 g/mol. The molecule has 7 nitrogen and oxygen atoms in total. The van der Waals surface area contributed by atoms with E-state index in [1.807, 2.05) is 36.4 Å². The molecule has 2 saturated heterocycles. The number of anilines is 2. The van der Waals surface area contributed by atoms with Crippen molar-refractivity contribution < 1.29 is 9.53 Å². The first-order valence-corrected chi connectivity index (χ1v) is 10.9. The molecule has 1 N–H and O–H groups in total. The van der Waals surface area contributed by atoms with E-state index in [1.54, 1.807) is 0 Å². The summed E-state index contributed by atoms with van der Waals surface area (Å²) in [6.45, 7) is 8.03. The van der Waals surface area contributed by atoms with E-state index in [9.17, 15) is 10.1 Å². The number of nitrogens with one attached hydrogen (secondary N) is 1. The van der Waals surface area contributed by atoms with Gasteiger partial charge >= 0.3 is 0 Å². The second-order valence-electron chi connectivity index (χ2n) is 8.03. The van der Waals surface area contributed by atoms with Crippen molar-refractivity contribution in [3.63, 3.8) is 0 Å². The summed E-state index contributed by atoms with van der Waals surface area (Å²) in [4.78, 5) is 19.3. The van der Waals surface area contributed by atoms with Gasteiger partial charge in [-0.25, -0.2) is 0 Å². The maximum absolute atomic E-state index is 12.5. The van der Waals surface area contributed by atoms with E-state index in [0.717, 1.165) is 70.4 Å². The molecule has 2 fully saturated rings. The number of benzene rings is 2. The van der Waals surface area contributed by atoms with Crippen LogP contribution in [0.25, 0.3) is 0 Å². The Labute approximate surface area is 183 Å². The Balaban J connectivity index is 1.23. The molecule has 0 spiro atoms. The van der Waals surface area contributed by atoms with Crippen molar-refractivity contribution in [1.82, 2.24) is 9.80 Å². The number of carbonyl (C=O) groups excluding carboxylic acids is 1. The molecule has 0 aliphatic carbocycles. The van der Waals surface area contributed by atoms with Crippen LogP contribution < -0.4 is 10.2 Å². The van der Waals surface area contributed by atoms with E-state index in [1.165, 1.54) is 5.56 Å². The third kappa shape index (κ3) is 5.82. The maximum atomic E-state index is 12.5. The van der Waals surface area contributed by atoms with E-state index in [4.69, 9.17) is 4.74 Å². The molecule has 31 heavy (non-hydrogen) atoms. The van der Waals surface area contributed by atoms with Gasteiger partial charge in [0.1, 0.15) is 6.07 Å². The van der Waals surface area contributed by atoms with E-state index >= 15 is 0 Å². The van der Waals surface area contributed by atoms with Crippen LogP contribution in [0.4, 0.5) is 11.4 Å². The van der Waals surface area contributed by atoms with Crippen molar-refractivity contribution in [2.75, 3.05) is 69.2 Å². The zero-order valence-corrected chi connectivity index (χ0v) is 17.8. The highest BCUT2D eigenvalue weighted by Crippen LogP contribution is 2.21. The minimum Gasteiger partial charge on any atom is -0.379 e. The van der Waals surface area contributed by atoms with Gasteiger partial charge in [-0.05, 0) is 29.8 Å². The van der Waals surface area contributed by atoms with Gasteiger partial charge in [-0.2, -0.15) is 5.26 Å². The summed E-state index contributed by atoms with van der Waals surface area (Å²) in [6.07, 6.45) is 0. The molecule has 0 atom stereocenters. The highest BCUT2D eigenvalue weighted by Gasteiger charge is 2.20. The summed E-state index contributed by atoms with van der Waals surface area (Å²) in [7, 11) is 0. The smallest absolute Gasteiger partial charge is 0.238 e. The number of piperazine rings is 1. The normalized spacial score (nSPS) is 17.8. The Morgan fingerprint density at radius 2 is 1.65 bits per heavy atom. The largest absolute Gasteiger partial charge is 0.379 e. The summed E-state index contributed by atoms with van der Waals surface area (Å²) < 4.78 is 5.39. The first-order chi connectivity index (χ1) is 15.2. The summed E-state index contributed by atoms with van der Waals surface area (Å²) in [5.74, 6) is 0.00630. The highest BCUT2D eigenvalue weighted by atomic mass is 16.5. The molecular weight excluding hydrogens is 390 g/mol. The van der Waals surface area contributed by atoms with E-state index in [2.05, 4.69) is 38.2 Å². The second kappa shape index (κ2) is 10.4. The van der Waals surface area contributed by atoms with Gasteiger partial charge in [-0.3, -0.25) is 14.6 Å². The lowest BCUT2D eigenvalue weighted by Gasteiger charge is -2.36. The molecule has 2 aromatic carbocycles. The molecule has 0 saturated carbocycles. The van der Waals surface area contributed by atoms with Gasteiger partial charge in [-0.15, -0.1) is 0 Å². The predicted octanol–water partition coefficient (Wildman–Crippen LogP) is 2.15. The van der Waals surface area contributed by atoms with Crippen LogP contribution >= 0.6 is 0 Å². The number of ether oxygens (including phenoxy) is 1. The maximum Gasteiger partial charge on any atom is 0.238 e. The first kappa shape index (κ1) is 21.3. The van der Waals surface area contributed by atoms with Crippen molar-refractivity contribution >= 4 is 17.3 Å². The van der Waals surface area contributed by atoms with Crippen LogP contribution in [0.3, 0.4) is 0 Å². The molecule has 0 radical (unpaired) electrons. The first-order valence-electron chi connectivity index (χ1n) is 10.9. The minimum atomic E-state index is 0.00630. The molecule has 4 rings (SSSR count). The van der Waals surface area contributed by atoms with Gasteiger partial charge < -0.3 is 15.0 Å². The van der Waals surface area contributed by atoms with Crippen LogP contribution in [0.15, 0.2) is 48.5 Å². The van der Waals surface area contributed by atoms with Gasteiger partial charge in [0.2, 0.25) is 5.91 Å². The van der Waals surface area contributed by atoms with Crippen molar-refractivity contribution in [3.8, 4) is 6.07 Å². The molecule has 1 amide bonds. The molecule has 2 aliphatic rings. The van der Waals surface area contributed by atoms with Gasteiger partial charge in [-0.1, -0.05) is 24.3 Å². The molecule has 7 heteroatoms. The summed E-state index contributed by atoms with van der Waals surface area (Å²) in [5, 5.41) is 12.3. The number of para-hydroxylation sites is 1. The standard InChI is InChI=1S/C24H29N5O2/c25-17-21-3-1-2-4-23(21)29-11-9-27(10-12-29)19-24(30)26-22-7-5-20(6-8-22)18-28-13-15-31-16-14-28/h1-8H,9-16,18-19H2,(H,26,30). The quantitative estimate of drug-likeness (QED) is 0.774. The molecule has 0 unspecified atom stereocenters. The topological polar surface area (TPSA) is 71.8 Å². The van der Waals surface area contributed by atoms with E-state index < -0.39 is 0 Å². The van der Waals surface area contributed by atoms with Gasteiger partial charge in [0.05, 0.1) is 31.0 Å². The average molecular weight is 420 g/mol. The van der Waals surface area contributed by atoms with Gasteiger partial charge in [0, 0.05) is 51.5 Å². The zero-order valence-electron chi connectivity index (χ0n) is 17.8. The van der Waals surface area contributed by atoms with Crippen LogP contribution in [0.1, 0.15) is 11.1 Å². The number of hydrogen-bond acceptors (Lipinski definition) is 6. The number of nitrogens with zero attached hydrogens (tertiary/aromatic N) is 4. The fourth-order valence-corrected chi connectivity index (χ4v) is 4.11. The van der Waals surface area contributed by atoms with Crippen LogP contribution in [0, 0.1) is 11.3 Å². The Morgan fingerprint density at radius 1 is 0.935 bits per heavy atom. The Bertz CT molecular complexity index is 910. The predicted molar refractivity (Wildman–Crippen MR) is 121 cm³/mol. The number of hydrogen-bond donors (Lipinski definition) is 1. The van der Waals surface area contributed by atoms with Crippen molar-refractivity contribution in [2.24, 2.45) is 0 Å². The summed E-state index contributed by atoms with van der Waals surface area (Å²) in [6, 6.07) is 18.1. The molecule has 162 valence electrons. The van der Waals surface area contributed by atoms with Gasteiger partial charge in [0.15, 0.2) is 0 Å². The third-order valence-electron chi connectivity index (χ3n) is 5.85. The number of carbonyl (C=O) groups is 1. The van der Waals surface area contributed by atoms with Crippen LogP contribution in [0.2, 0.25) is 0 Å². The average Bonchev–Trinajstić information content (AvgIpc) is 2.81. The molecule has 2 aliphatic heterocycles. The molecule has 0 aromatic heterocycles. The number of morpholine rings is 1. The SMILES string of the molecule is N#Cc1ccccc1N1CCN(CC(=O)Nc2ccc(CN3CCOCC3)cc2)CC1. The zero-order chi connectivity index (χ0) is 21.5. The molecular formula is C24H29N5O2. The Hall–Kier alpha value is -2.92. The third-order valence-corrected chi connectivity index (χ3v) is 5.85. The van der Waals surface area contributed by atoms with Crippen molar-refractivity contribution in [1.29, 1.82) is 5.26 Å². The van der Waals surface area contributed by atoms with E-state index in [0.29, 0.717) is 12.1 Å². The van der Waals surface area contributed by atoms with Crippen molar-refractivity contribution in [3.05, 3.63) is 59.7 Å². The fraction of sp³-hybridized carbons (Fsp3) is 0.417. The van der Waals surface area contributed by atoms with Gasteiger partial charge in [0.25, 0.3) is 0 Å². The lowest BCUT2D eigenvalue weighted by atomic mass is 10.1. The Morgan fingerprint density at radius 3 is 2.35 bits per heavy atom. The lowest BCUT2D eigenvalue weighted by molar-refractivity contribution is -0.117. The van der Waals surface area contributed by atoms with E-state index in [-0.39, 0.29) is 5.91 Å². The Kier molecular flexibility index (Phi) is 7.15.